The lowest BCUT2D eigenvalue weighted by Crippen LogP contribution is -2.31. The molecular formula is C16H18O3. The molecule has 0 aromatic heterocycles. The van der Waals surface area contributed by atoms with Gasteiger partial charge in [-0.05, 0) is 38.8 Å². The minimum atomic E-state index is -0.882. The highest BCUT2D eigenvalue weighted by Crippen LogP contribution is 2.29. The maximum Gasteiger partial charge on any atom is 0.307 e. The van der Waals surface area contributed by atoms with E-state index in [-0.39, 0.29) is 5.78 Å². The Hall–Kier alpha value is -1.90. The summed E-state index contributed by atoms with van der Waals surface area (Å²) in [6, 6.07) is 5.69. The van der Waals surface area contributed by atoms with Gasteiger partial charge in [-0.15, -0.1) is 0 Å². The number of hydrogen-bond donors (Lipinski definition) is 1. The first-order valence-corrected chi connectivity index (χ1v) is 6.49. The van der Waals surface area contributed by atoms with Crippen molar-refractivity contribution >= 4 is 11.8 Å². The van der Waals surface area contributed by atoms with E-state index >= 15 is 0 Å². The highest BCUT2D eigenvalue weighted by Gasteiger charge is 2.34. The molecule has 3 heteroatoms. The molecule has 1 N–H and O–H groups in total. The summed E-state index contributed by atoms with van der Waals surface area (Å²) in [5.74, 6) is -1.97. The number of carbonyl (C=O) groups is 2. The van der Waals surface area contributed by atoms with Gasteiger partial charge in [-0.1, -0.05) is 29.3 Å². The Morgan fingerprint density at radius 3 is 2.05 bits per heavy atom. The van der Waals surface area contributed by atoms with Crippen molar-refractivity contribution in [2.24, 2.45) is 11.8 Å². The molecule has 3 nitrogen and oxygen atoms in total. The summed E-state index contributed by atoms with van der Waals surface area (Å²) < 4.78 is 0. The molecule has 0 spiro atoms. The van der Waals surface area contributed by atoms with E-state index in [9.17, 15) is 14.7 Å². The zero-order valence-electron chi connectivity index (χ0n) is 11.2. The molecule has 0 saturated carbocycles. The lowest BCUT2D eigenvalue weighted by atomic mass is 9.78. The normalized spacial score (nSPS) is 22.2. The van der Waals surface area contributed by atoms with E-state index in [0.717, 1.165) is 11.1 Å². The quantitative estimate of drug-likeness (QED) is 0.669. The Morgan fingerprint density at radius 1 is 1.00 bits per heavy atom. The summed E-state index contributed by atoms with van der Waals surface area (Å²) in [6.07, 6.45) is 4.72. The first-order chi connectivity index (χ1) is 8.99. The summed E-state index contributed by atoms with van der Waals surface area (Å²) in [4.78, 5) is 23.8. The summed E-state index contributed by atoms with van der Waals surface area (Å²) >= 11 is 0. The van der Waals surface area contributed by atoms with Gasteiger partial charge >= 0.3 is 5.97 Å². The lowest BCUT2D eigenvalue weighted by Gasteiger charge is -2.24. The van der Waals surface area contributed by atoms with Gasteiger partial charge in [0.2, 0.25) is 0 Å². The van der Waals surface area contributed by atoms with Crippen molar-refractivity contribution in [2.45, 2.75) is 26.7 Å². The molecule has 0 saturated heterocycles. The van der Waals surface area contributed by atoms with Crippen LogP contribution in [0.1, 0.15) is 34.3 Å². The van der Waals surface area contributed by atoms with Crippen LogP contribution in [-0.2, 0) is 4.79 Å². The van der Waals surface area contributed by atoms with Gasteiger partial charge in [0, 0.05) is 11.5 Å². The first kappa shape index (κ1) is 13.5. The third kappa shape index (κ3) is 2.92. The Bertz CT molecular complexity index is 523. The van der Waals surface area contributed by atoms with Crippen LogP contribution in [-0.4, -0.2) is 16.9 Å². The molecule has 100 valence electrons. The summed E-state index contributed by atoms with van der Waals surface area (Å²) in [7, 11) is 0. The van der Waals surface area contributed by atoms with Crippen molar-refractivity contribution in [2.75, 3.05) is 0 Å². The summed E-state index contributed by atoms with van der Waals surface area (Å²) in [5, 5.41) is 9.23. The number of aryl methyl sites for hydroxylation is 2. The van der Waals surface area contributed by atoms with Crippen molar-refractivity contribution < 1.29 is 14.7 Å². The van der Waals surface area contributed by atoms with Gasteiger partial charge in [0.25, 0.3) is 0 Å². The summed E-state index contributed by atoms with van der Waals surface area (Å²) in [6.45, 7) is 3.89. The number of aliphatic carboxylic acids is 1. The fourth-order valence-electron chi connectivity index (χ4n) is 2.71. The minimum absolute atomic E-state index is 0.0523. The van der Waals surface area contributed by atoms with Crippen LogP contribution >= 0.6 is 0 Å². The number of allylic oxidation sites excluding steroid dienone is 2. The molecule has 0 aliphatic heterocycles. The number of Topliss-reactive ketones (excluding diaryl/α,β-unsaturated/α-hetero) is 1. The van der Waals surface area contributed by atoms with Crippen LogP contribution in [0, 0.1) is 25.7 Å². The number of rotatable bonds is 3. The zero-order valence-corrected chi connectivity index (χ0v) is 11.2. The number of hydrogen-bond acceptors (Lipinski definition) is 2. The molecule has 0 radical (unpaired) electrons. The maximum absolute atomic E-state index is 12.5. The van der Waals surface area contributed by atoms with Gasteiger partial charge in [0.15, 0.2) is 5.78 Å². The average Bonchev–Trinajstić information content (AvgIpc) is 2.36. The van der Waals surface area contributed by atoms with E-state index in [1.807, 2.05) is 44.2 Å². The van der Waals surface area contributed by atoms with Crippen LogP contribution in [0.25, 0.3) is 0 Å². The standard InChI is InChI=1S/C16H18O3/c1-10-7-11(2)9-12(8-10)15(17)13-5-3-4-6-14(13)16(18)19/h3-4,7-9,13-14H,5-6H2,1-2H3,(H,18,19). The molecule has 2 unspecified atom stereocenters. The van der Waals surface area contributed by atoms with E-state index in [4.69, 9.17) is 0 Å². The molecular weight excluding hydrogens is 240 g/mol. The fourth-order valence-corrected chi connectivity index (χ4v) is 2.71. The molecule has 1 aliphatic carbocycles. The Morgan fingerprint density at radius 2 is 1.53 bits per heavy atom. The molecule has 1 aromatic carbocycles. The molecule has 2 rings (SSSR count). The van der Waals surface area contributed by atoms with Gasteiger partial charge < -0.3 is 5.11 Å². The van der Waals surface area contributed by atoms with Crippen LogP contribution in [0.2, 0.25) is 0 Å². The topological polar surface area (TPSA) is 54.4 Å². The Kier molecular flexibility index (Phi) is 3.84. The van der Waals surface area contributed by atoms with E-state index in [1.54, 1.807) is 0 Å². The molecule has 0 amide bonds. The van der Waals surface area contributed by atoms with Crippen LogP contribution in [0.4, 0.5) is 0 Å². The second-order valence-electron chi connectivity index (χ2n) is 5.23. The van der Waals surface area contributed by atoms with Crippen molar-refractivity contribution in [1.29, 1.82) is 0 Å². The van der Waals surface area contributed by atoms with Crippen LogP contribution in [0.15, 0.2) is 30.4 Å². The second kappa shape index (κ2) is 5.39. The molecule has 2 atom stereocenters. The van der Waals surface area contributed by atoms with E-state index in [2.05, 4.69) is 0 Å². The van der Waals surface area contributed by atoms with Gasteiger partial charge in [-0.3, -0.25) is 9.59 Å². The van der Waals surface area contributed by atoms with E-state index in [0.29, 0.717) is 18.4 Å². The SMILES string of the molecule is Cc1cc(C)cc(C(=O)C2CC=CCC2C(=O)O)c1. The second-order valence-corrected chi connectivity index (χ2v) is 5.23. The number of carboxylic acids is 1. The van der Waals surface area contributed by atoms with Crippen LogP contribution in [0.5, 0.6) is 0 Å². The van der Waals surface area contributed by atoms with Gasteiger partial charge in [-0.25, -0.2) is 0 Å². The van der Waals surface area contributed by atoms with Gasteiger partial charge in [0.05, 0.1) is 5.92 Å². The van der Waals surface area contributed by atoms with Crippen LogP contribution < -0.4 is 0 Å². The average molecular weight is 258 g/mol. The number of ketones is 1. The first-order valence-electron chi connectivity index (χ1n) is 6.49. The minimum Gasteiger partial charge on any atom is -0.481 e. The monoisotopic (exact) mass is 258 g/mol. The van der Waals surface area contributed by atoms with Gasteiger partial charge in [0.1, 0.15) is 0 Å². The van der Waals surface area contributed by atoms with Crippen molar-refractivity contribution in [3.8, 4) is 0 Å². The predicted molar refractivity (Wildman–Crippen MR) is 73.2 cm³/mol. The largest absolute Gasteiger partial charge is 0.481 e. The van der Waals surface area contributed by atoms with Crippen LogP contribution in [0.3, 0.4) is 0 Å². The van der Waals surface area contributed by atoms with E-state index in [1.165, 1.54) is 0 Å². The highest BCUT2D eigenvalue weighted by molar-refractivity contribution is 6.00. The third-order valence-electron chi connectivity index (χ3n) is 3.59. The molecule has 1 aliphatic rings. The number of carboxylic acid groups (broad SMARTS) is 1. The van der Waals surface area contributed by atoms with Crippen molar-refractivity contribution in [3.63, 3.8) is 0 Å². The molecule has 1 aromatic rings. The maximum atomic E-state index is 12.5. The van der Waals surface area contributed by atoms with Gasteiger partial charge in [-0.2, -0.15) is 0 Å². The summed E-state index contributed by atoms with van der Waals surface area (Å²) in [5.41, 5.74) is 2.69. The predicted octanol–water partition coefficient (Wildman–Crippen LogP) is 3.15. The number of benzene rings is 1. The third-order valence-corrected chi connectivity index (χ3v) is 3.59. The van der Waals surface area contributed by atoms with Crippen molar-refractivity contribution in [1.82, 2.24) is 0 Å². The molecule has 0 heterocycles. The van der Waals surface area contributed by atoms with Crippen molar-refractivity contribution in [3.05, 3.63) is 47.0 Å². The smallest absolute Gasteiger partial charge is 0.307 e. The Labute approximate surface area is 113 Å². The fraction of sp³-hybridized carbons (Fsp3) is 0.375. The Balaban J connectivity index is 2.31. The molecule has 0 bridgehead atoms. The zero-order chi connectivity index (χ0) is 14.0. The highest BCUT2D eigenvalue weighted by atomic mass is 16.4. The molecule has 19 heavy (non-hydrogen) atoms. The number of carbonyl (C=O) groups excluding carboxylic acids is 1. The lowest BCUT2D eigenvalue weighted by molar-refractivity contribution is -0.143. The van der Waals surface area contributed by atoms with E-state index < -0.39 is 17.8 Å². The molecule has 0 fully saturated rings.